The number of aryl methyl sites for hydroxylation is 1. The molecule has 0 spiro atoms. The minimum Gasteiger partial charge on any atom is -0.268 e. The van der Waals surface area contributed by atoms with Gasteiger partial charge in [-0.25, -0.2) is 4.09 Å². The lowest BCUT2D eigenvalue weighted by molar-refractivity contribution is 1.19. The van der Waals surface area contributed by atoms with E-state index in [2.05, 4.69) is 25.1 Å². The molecule has 0 amide bonds. The minimum atomic E-state index is -0.210. The van der Waals surface area contributed by atoms with Crippen molar-refractivity contribution in [3.05, 3.63) is 70.5 Å². The summed E-state index contributed by atoms with van der Waals surface area (Å²) < 4.78 is 1.15. The molecule has 3 heteroatoms. The van der Waals surface area contributed by atoms with Crippen molar-refractivity contribution in [2.45, 2.75) is 6.92 Å². The molecule has 0 bridgehead atoms. The number of pyridine rings is 1. The Labute approximate surface area is 116 Å². The Balaban J connectivity index is 2.26. The lowest BCUT2D eigenvalue weighted by atomic mass is 9.99. The van der Waals surface area contributed by atoms with Crippen LogP contribution in [0.25, 0.3) is 22.0 Å². The van der Waals surface area contributed by atoms with Gasteiger partial charge in [0.1, 0.15) is 0 Å². The second kappa shape index (κ2) is 4.56. The molecule has 0 N–H and O–H groups in total. The van der Waals surface area contributed by atoms with Gasteiger partial charge in [0.25, 0.3) is 5.56 Å². The number of nitrogens with zero attached hydrogens (tertiary/aromatic N) is 1. The second-order valence-corrected chi connectivity index (χ2v) is 4.88. The molecule has 0 aliphatic rings. The lowest BCUT2D eigenvalue weighted by Gasteiger charge is -2.08. The fourth-order valence-corrected chi connectivity index (χ4v) is 2.49. The van der Waals surface area contributed by atoms with Gasteiger partial charge in [0.2, 0.25) is 0 Å². The van der Waals surface area contributed by atoms with E-state index in [-0.39, 0.29) is 5.56 Å². The van der Waals surface area contributed by atoms with Crippen LogP contribution in [-0.4, -0.2) is 4.09 Å². The number of aromatic nitrogens is 1. The highest BCUT2D eigenvalue weighted by atomic mass is 35.5. The predicted molar refractivity (Wildman–Crippen MR) is 79.6 cm³/mol. The summed E-state index contributed by atoms with van der Waals surface area (Å²) in [6.45, 7) is 2.09. The standard InChI is InChI=1S/C16H12ClNO/c1-11-4-2-3-5-14(11)12-6-8-15-13(10-12)7-9-16(19)18(15)17/h2-10H,1H3. The van der Waals surface area contributed by atoms with Crippen LogP contribution in [0.15, 0.2) is 59.4 Å². The highest BCUT2D eigenvalue weighted by molar-refractivity contribution is 6.18. The van der Waals surface area contributed by atoms with Crippen molar-refractivity contribution >= 4 is 22.7 Å². The quantitative estimate of drug-likeness (QED) is 0.655. The van der Waals surface area contributed by atoms with Gasteiger partial charge in [-0.3, -0.25) is 4.79 Å². The Kier molecular flexibility index (Phi) is 2.88. The molecule has 0 saturated carbocycles. The molecular formula is C16H12ClNO. The highest BCUT2D eigenvalue weighted by Gasteiger charge is 2.05. The van der Waals surface area contributed by atoms with Crippen LogP contribution < -0.4 is 5.56 Å². The maximum atomic E-state index is 11.5. The van der Waals surface area contributed by atoms with Gasteiger partial charge >= 0.3 is 0 Å². The molecule has 3 rings (SSSR count). The number of halogens is 1. The Morgan fingerprint density at radius 2 is 1.79 bits per heavy atom. The molecular weight excluding hydrogens is 258 g/mol. The fraction of sp³-hybridized carbons (Fsp3) is 0.0625. The van der Waals surface area contributed by atoms with Crippen molar-refractivity contribution in [1.82, 2.24) is 4.09 Å². The number of benzene rings is 2. The van der Waals surface area contributed by atoms with Gasteiger partial charge in [-0.05, 0) is 41.8 Å². The van der Waals surface area contributed by atoms with Crippen LogP contribution in [0.5, 0.6) is 0 Å². The fourth-order valence-electron chi connectivity index (χ4n) is 2.28. The summed E-state index contributed by atoms with van der Waals surface area (Å²) >= 11 is 5.96. The zero-order valence-electron chi connectivity index (χ0n) is 10.4. The van der Waals surface area contributed by atoms with Gasteiger partial charge < -0.3 is 0 Å². The van der Waals surface area contributed by atoms with Gasteiger partial charge in [0.15, 0.2) is 0 Å². The molecule has 0 aliphatic carbocycles. The largest absolute Gasteiger partial charge is 0.268 e. The van der Waals surface area contributed by atoms with E-state index in [0.717, 1.165) is 20.6 Å². The van der Waals surface area contributed by atoms with Gasteiger partial charge in [0, 0.05) is 23.2 Å². The van der Waals surface area contributed by atoms with E-state index in [9.17, 15) is 4.79 Å². The molecule has 1 aromatic heterocycles. The van der Waals surface area contributed by atoms with E-state index in [1.54, 1.807) is 6.07 Å². The summed E-state index contributed by atoms with van der Waals surface area (Å²) in [6, 6.07) is 17.4. The average Bonchev–Trinajstić information content (AvgIpc) is 2.43. The normalized spacial score (nSPS) is 10.8. The van der Waals surface area contributed by atoms with E-state index >= 15 is 0 Å². The average molecular weight is 270 g/mol. The van der Waals surface area contributed by atoms with E-state index in [4.69, 9.17) is 11.8 Å². The van der Waals surface area contributed by atoms with Crippen LogP contribution in [0.4, 0.5) is 0 Å². The van der Waals surface area contributed by atoms with Crippen molar-refractivity contribution in [2.24, 2.45) is 0 Å². The van der Waals surface area contributed by atoms with Crippen molar-refractivity contribution in [2.75, 3.05) is 0 Å². The monoisotopic (exact) mass is 269 g/mol. The van der Waals surface area contributed by atoms with Crippen LogP contribution in [-0.2, 0) is 0 Å². The molecule has 0 atom stereocenters. The molecule has 2 nitrogen and oxygen atoms in total. The molecule has 94 valence electrons. The summed E-state index contributed by atoms with van der Waals surface area (Å²) in [6.07, 6.45) is 0. The van der Waals surface area contributed by atoms with E-state index in [1.807, 2.05) is 24.3 Å². The first-order valence-electron chi connectivity index (χ1n) is 6.05. The van der Waals surface area contributed by atoms with Crippen LogP contribution in [0.2, 0.25) is 0 Å². The zero-order chi connectivity index (χ0) is 13.4. The molecule has 0 aliphatic heterocycles. The minimum absolute atomic E-state index is 0.210. The van der Waals surface area contributed by atoms with Gasteiger partial charge in [0.05, 0.1) is 5.52 Å². The van der Waals surface area contributed by atoms with Crippen molar-refractivity contribution in [1.29, 1.82) is 0 Å². The van der Waals surface area contributed by atoms with Gasteiger partial charge in [-0.15, -0.1) is 0 Å². The first kappa shape index (κ1) is 12.0. The Bertz CT molecular complexity index is 820. The molecule has 1 heterocycles. The van der Waals surface area contributed by atoms with Crippen LogP contribution in [0.3, 0.4) is 0 Å². The zero-order valence-corrected chi connectivity index (χ0v) is 11.2. The third-order valence-corrected chi connectivity index (χ3v) is 3.64. The number of hydrogen-bond donors (Lipinski definition) is 0. The summed E-state index contributed by atoms with van der Waals surface area (Å²) in [5.41, 5.74) is 4.06. The molecule has 0 saturated heterocycles. The number of fused-ring (bicyclic) bond motifs is 1. The summed E-state index contributed by atoms with van der Waals surface area (Å²) in [4.78, 5) is 11.5. The van der Waals surface area contributed by atoms with Crippen LogP contribution in [0, 0.1) is 6.92 Å². The molecule has 3 aromatic rings. The summed E-state index contributed by atoms with van der Waals surface area (Å²) in [5, 5.41) is 0.954. The highest BCUT2D eigenvalue weighted by Crippen LogP contribution is 2.26. The SMILES string of the molecule is Cc1ccccc1-c1ccc2c(ccc(=O)n2Cl)c1. The topological polar surface area (TPSA) is 22.0 Å². The summed E-state index contributed by atoms with van der Waals surface area (Å²) in [5.74, 6) is 0. The Hall–Kier alpha value is -2.06. The molecule has 2 aromatic carbocycles. The molecule has 19 heavy (non-hydrogen) atoms. The summed E-state index contributed by atoms with van der Waals surface area (Å²) in [7, 11) is 0. The van der Waals surface area contributed by atoms with Crippen molar-refractivity contribution in [3.63, 3.8) is 0 Å². The molecule has 0 radical (unpaired) electrons. The Morgan fingerprint density at radius 3 is 2.58 bits per heavy atom. The second-order valence-electron chi connectivity index (χ2n) is 4.54. The number of rotatable bonds is 1. The van der Waals surface area contributed by atoms with Gasteiger partial charge in [-0.2, -0.15) is 0 Å². The van der Waals surface area contributed by atoms with Crippen molar-refractivity contribution in [3.8, 4) is 11.1 Å². The predicted octanol–water partition coefficient (Wildman–Crippen LogP) is 3.98. The van der Waals surface area contributed by atoms with E-state index < -0.39 is 0 Å². The van der Waals surface area contributed by atoms with E-state index in [0.29, 0.717) is 0 Å². The van der Waals surface area contributed by atoms with Gasteiger partial charge in [-0.1, -0.05) is 30.3 Å². The Morgan fingerprint density at radius 1 is 1.00 bits per heavy atom. The third-order valence-electron chi connectivity index (χ3n) is 3.29. The maximum absolute atomic E-state index is 11.5. The van der Waals surface area contributed by atoms with Crippen molar-refractivity contribution < 1.29 is 0 Å². The van der Waals surface area contributed by atoms with Crippen LogP contribution in [0.1, 0.15) is 5.56 Å². The first-order chi connectivity index (χ1) is 9.16. The molecule has 0 unspecified atom stereocenters. The third kappa shape index (κ3) is 2.04. The maximum Gasteiger partial charge on any atom is 0.265 e. The smallest absolute Gasteiger partial charge is 0.265 e. The van der Waals surface area contributed by atoms with E-state index in [1.165, 1.54) is 17.2 Å². The first-order valence-corrected chi connectivity index (χ1v) is 6.38. The van der Waals surface area contributed by atoms with Crippen LogP contribution >= 0.6 is 11.8 Å². The lowest BCUT2D eigenvalue weighted by Crippen LogP contribution is -2.10. The number of hydrogen-bond acceptors (Lipinski definition) is 1. The molecule has 0 fully saturated rings.